The van der Waals surface area contributed by atoms with E-state index in [2.05, 4.69) is 15.3 Å². The summed E-state index contributed by atoms with van der Waals surface area (Å²) in [7, 11) is 4.71. The molecule has 1 amide bonds. The number of amides is 1. The Bertz CT molecular complexity index is 1200. The molecule has 0 fully saturated rings. The number of aromatic nitrogens is 3. The number of anilines is 1. The van der Waals surface area contributed by atoms with Crippen molar-refractivity contribution in [3.8, 4) is 28.5 Å². The van der Waals surface area contributed by atoms with Crippen LogP contribution in [0.25, 0.3) is 16.9 Å². The lowest BCUT2D eigenvalue weighted by molar-refractivity contribution is 0.102. The van der Waals surface area contributed by atoms with Gasteiger partial charge in [0, 0.05) is 30.2 Å². The third-order valence-corrected chi connectivity index (χ3v) is 4.63. The van der Waals surface area contributed by atoms with E-state index in [1.165, 1.54) is 7.11 Å². The van der Waals surface area contributed by atoms with Gasteiger partial charge >= 0.3 is 0 Å². The molecular formula is C22H20N4O4. The second-order valence-corrected chi connectivity index (χ2v) is 6.38. The molecule has 30 heavy (non-hydrogen) atoms. The number of methoxy groups -OCH3 is 3. The minimum atomic E-state index is -0.358. The molecule has 0 saturated carbocycles. The molecule has 0 bridgehead atoms. The molecule has 8 heteroatoms. The first-order valence-corrected chi connectivity index (χ1v) is 9.14. The number of carbonyl (C=O) groups is 1. The van der Waals surface area contributed by atoms with Gasteiger partial charge in [0.2, 0.25) is 0 Å². The molecule has 0 unspecified atom stereocenters. The van der Waals surface area contributed by atoms with Gasteiger partial charge in [-0.15, -0.1) is 0 Å². The van der Waals surface area contributed by atoms with E-state index in [4.69, 9.17) is 14.2 Å². The van der Waals surface area contributed by atoms with Gasteiger partial charge in [0.25, 0.3) is 5.91 Å². The Morgan fingerprint density at radius 1 is 0.967 bits per heavy atom. The Hall–Kier alpha value is -4.07. The van der Waals surface area contributed by atoms with Crippen LogP contribution in [-0.2, 0) is 0 Å². The smallest absolute Gasteiger partial charge is 0.275 e. The number of fused-ring (bicyclic) bond motifs is 1. The number of imidazole rings is 1. The summed E-state index contributed by atoms with van der Waals surface area (Å²) in [4.78, 5) is 21.8. The normalized spacial score (nSPS) is 10.6. The second-order valence-electron chi connectivity index (χ2n) is 6.38. The SMILES string of the molecule is COc1ccc(-c2nccn3cc(C(=O)Nc4ccc(OC)cc4OC)nc23)cc1. The van der Waals surface area contributed by atoms with Crippen LogP contribution in [0.2, 0.25) is 0 Å². The predicted molar refractivity (Wildman–Crippen MR) is 112 cm³/mol. The fourth-order valence-corrected chi connectivity index (χ4v) is 3.07. The van der Waals surface area contributed by atoms with Crippen molar-refractivity contribution in [2.45, 2.75) is 0 Å². The summed E-state index contributed by atoms with van der Waals surface area (Å²) in [5.74, 6) is 1.52. The predicted octanol–water partition coefficient (Wildman–Crippen LogP) is 3.67. The lowest BCUT2D eigenvalue weighted by Crippen LogP contribution is -2.13. The molecule has 2 aromatic heterocycles. The van der Waals surface area contributed by atoms with Crippen molar-refractivity contribution >= 4 is 17.2 Å². The highest BCUT2D eigenvalue weighted by molar-refractivity contribution is 6.04. The van der Waals surface area contributed by atoms with Crippen molar-refractivity contribution in [1.29, 1.82) is 0 Å². The third kappa shape index (κ3) is 3.62. The van der Waals surface area contributed by atoms with E-state index in [-0.39, 0.29) is 11.6 Å². The summed E-state index contributed by atoms with van der Waals surface area (Å²) in [6.07, 6.45) is 5.08. The van der Waals surface area contributed by atoms with Crippen molar-refractivity contribution in [3.63, 3.8) is 0 Å². The number of nitrogens with one attached hydrogen (secondary N) is 1. The molecule has 1 N–H and O–H groups in total. The maximum absolute atomic E-state index is 12.8. The fourth-order valence-electron chi connectivity index (χ4n) is 3.07. The first-order chi connectivity index (χ1) is 14.6. The number of rotatable bonds is 6. The summed E-state index contributed by atoms with van der Waals surface area (Å²) in [6, 6.07) is 12.7. The number of carbonyl (C=O) groups excluding carboxylic acids is 1. The zero-order valence-corrected chi connectivity index (χ0v) is 16.7. The highest BCUT2D eigenvalue weighted by atomic mass is 16.5. The zero-order valence-electron chi connectivity index (χ0n) is 16.7. The fraction of sp³-hybridized carbons (Fsp3) is 0.136. The van der Waals surface area contributed by atoms with Crippen molar-refractivity contribution < 1.29 is 19.0 Å². The van der Waals surface area contributed by atoms with Gasteiger partial charge in [0.1, 0.15) is 28.6 Å². The van der Waals surface area contributed by atoms with Gasteiger partial charge in [-0.05, 0) is 36.4 Å². The van der Waals surface area contributed by atoms with Crippen molar-refractivity contribution in [2.24, 2.45) is 0 Å². The highest BCUT2D eigenvalue weighted by Crippen LogP contribution is 2.30. The molecule has 0 aliphatic heterocycles. The molecule has 8 nitrogen and oxygen atoms in total. The molecule has 0 aliphatic carbocycles. The number of benzene rings is 2. The molecule has 4 rings (SSSR count). The van der Waals surface area contributed by atoms with Crippen LogP contribution in [0.1, 0.15) is 10.5 Å². The number of nitrogens with zero attached hydrogens (tertiary/aromatic N) is 3. The average molecular weight is 404 g/mol. The standard InChI is InChI=1S/C22H20N4O4/c1-28-15-6-4-14(5-7-15)20-21-24-18(13-26(21)11-10-23-20)22(27)25-17-9-8-16(29-2)12-19(17)30-3/h4-13H,1-3H3,(H,25,27). The lowest BCUT2D eigenvalue weighted by atomic mass is 10.1. The van der Waals surface area contributed by atoms with E-state index in [9.17, 15) is 4.79 Å². The van der Waals surface area contributed by atoms with Gasteiger partial charge in [-0.2, -0.15) is 0 Å². The van der Waals surface area contributed by atoms with Crippen LogP contribution in [0.4, 0.5) is 5.69 Å². The minimum Gasteiger partial charge on any atom is -0.497 e. The largest absolute Gasteiger partial charge is 0.497 e. The summed E-state index contributed by atoms with van der Waals surface area (Å²) < 4.78 is 17.5. The van der Waals surface area contributed by atoms with Crippen LogP contribution in [0, 0.1) is 0 Å². The van der Waals surface area contributed by atoms with Crippen LogP contribution in [0.15, 0.2) is 61.1 Å². The molecule has 4 aromatic rings. The van der Waals surface area contributed by atoms with Crippen LogP contribution in [-0.4, -0.2) is 41.6 Å². The maximum atomic E-state index is 12.8. The Balaban J connectivity index is 1.66. The Morgan fingerprint density at radius 2 is 1.70 bits per heavy atom. The van der Waals surface area contributed by atoms with Crippen LogP contribution in [0.5, 0.6) is 17.2 Å². The Morgan fingerprint density at radius 3 is 2.40 bits per heavy atom. The van der Waals surface area contributed by atoms with Gasteiger partial charge in [0.15, 0.2) is 5.65 Å². The van der Waals surface area contributed by atoms with Gasteiger partial charge in [-0.25, -0.2) is 4.98 Å². The molecule has 0 saturated heterocycles. The van der Waals surface area contributed by atoms with Gasteiger partial charge in [0.05, 0.1) is 27.0 Å². The van der Waals surface area contributed by atoms with E-state index in [1.807, 2.05) is 24.3 Å². The highest BCUT2D eigenvalue weighted by Gasteiger charge is 2.16. The molecular weight excluding hydrogens is 384 g/mol. The van der Waals surface area contributed by atoms with Gasteiger partial charge in [-0.1, -0.05) is 0 Å². The zero-order chi connectivity index (χ0) is 21.1. The molecule has 0 atom stereocenters. The maximum Gasteiger partial charge on any atom is 0.275 e. The van der Waals surface area contributed by atoms with Crippen molar-refractivity contribution in [1.82, 2.24) is 14.4 Å². The topological polar surface area (TPSA) is 87.0 Å². The quantitative estimate of drug-likeness (QED) is 0.528. The van der Waals surface area contributed by atoms with Gasteiger partial charge < -0.3 is 23.9 Å². The number of hydrogen-bond acceptors (Lipinski definition) is 6. The van der Waals surface area contributed by atoms with E-state index in [0.717, 1.165) is 11.3 Å². The monoisotopic (exact) mass is 404 g/mol. The van der Waals surface area contributed by atoms with E-state index in [1.54, 1.807) is 55.4 Å². The molecule has 152 valence electrons. The molecule has 0 aliphatic rings. The first-order valence-electron chi connectivity index (χ1n) is 9.14. The first kappa shape index (κ1) is 19.3. The number of hydrogen-bond donors (Lipinski definition) is 1. The van der Waals surface area contributed by atoms with E-state index < -0.39 is 0 Å². The third-order valence-electron chi connectivity index (χ3n) is 4.63. The summed E-state index contributed by atoms with van der Waals surface area (Å²) >= 11 is 0. The molecule has 0 radical (unpaired) electrons. The van der Waals surface area contributed by atoms with Crippen molar-refractivity contribution in [3.05, 3.63) is 66.7 Å². The second kappa shape index (κ2) is 8.12. The minimum absolute atomic E-state index is 0.260. The van der Waals surface area contributed by atoms with Gasteiger partial charge in [-0.3, -0.25) is 9.78 Å². The lowest BCUT2D eigenvalue weighted by Gasteiger charge is -2.10. The number of ether oxygens (including phenoxy) is 3. The molecule has 2 heterocycles. The average Bonchev–Trinajstić information content (AvgIpc) is 3.24. The summed E-state index contributed by atoms with van der Waals surface area (Å²) in [6.45, 7) is 0. The van der Waals surface area contributed by atoms with Crippen LogP contribution in [0.3, 0.4) is 0 Å². The molecule has 2 aromatic carbocycles. The summed E-state index contributed by atoms with van der Waals surface area (Å²) in [5.41, 5.74) is 2.90. The van der Waals surface area contributed by atoms with Crippen LogP contribution >= 0.6 is 0 Å². The van der Waals surface area contributed by atoms with E-state index in [0.29, 0.717) is 28.5 Å². The summed E-state index contributed by atoms with van der Waals surface area (Å²) in [5, 5.41) is 2.83. The van der Waals surface area contributed by atoms with Crippen LogP contribution < -0.4 is 19.5 Å². The molecule has 0 spiro atoms. The van der Waals surface area contributed by atoms with Crippen molar-refractivity contribution in [2.75, 3.05) is 26.6 Å². The van der Waals surface area contributed by atoms with E-state index >= 15 is 0 Å². The Kier molecular flexibility index (Phi) is 5.21. The Labute approximate surface area is 173 Å².